The highest BCUT2D eigenvalue weighted by Gasteiger charge is 2.36. The number of alkyl halides is 2. The molecule has 0 aliphatic carbocycles. The van der Waals surface area contributed by atoms with Gasteiger partial charge in [0.2, 0.25) is 10.0 Å². The first-order chi connectivity index (χ1) is 15.0. The molecule has 0 aromatic carbocycles. The molecule has 1 atom stereocenters. The van der Waals surface area contributed by atoms with E-state index < -0.39 is 22.0 Å². The molecule has 0 bridgehead atoms. The largest absolute Gasteiger partial charge is 0.373 e. The number of nitrogens with zero attached hydrogens (tertiary/aromatic N) is 6. The highest BCUT2D eigenvalue weighted by molar-refractivity contribution is 7.88. The fourth-order valence-electron chi connectivity index (χ4n) is 3.49. The van der Waals surface area contributed by atoms with Crippen LogP contribution in [0.3, 0.4) is 0 Å². The van der Waals surface area contributed by atoms with Crippen LogP contribution < -0.4 is 9.62 Å². The summed E-state index contributed by atoms with van der Waals surface area (Å²) in [7, 11) is -3.35. The van der Waals surface area contributed by atoms with Crippen LogP contribution in [0.4, 0.5) is 14.6 Å². The second-order valence-corrected chi connectivity index (χ2v) is 10.0. The van der Waals surface area contributed by atoms with E-state index in [4.69, 9.17) is 4.74 Å². The Kier molecular flexibility index (Phi) is 5.81. The van der Waals surface area contributed by atoms with Crippen LogP contribution in [0.2, 0.25) is 0 Å². The Hall–Kier alpha value is -2.77. The van der Waals surface area contributed by atoms with Crippen LogP contribution >= 0.6 is 0 Å². The fourth-order valence-corrected chi connectivity index (χ4v) is 3.98. The molecule has 1 aliphatic rings. The van der Waals surface area contributed by atoms with E-state index in [0.717, 1.165) is 6.26 Å². The van der Waals surface area contributed by atoms with Gasteiger partial charge in [0, 0.05) is 19.2 Å². The number of morpholine rings is 1. The van der Waals surface area contributed by atoms with Crippen LogP contribution in [-0.4, -0.2) is 70.6 Å². The van der Waals surface area contributed by atoms with Crippen LogP contribution in [0, 0.1) is 0 Å². The van der Waals surface area contributed by atoms with E-state index in [1.807, 2.05) is 18.7 Å². The van der Waals surface area contributed by atoms with Crippen molar-refractivity contribution < 1.29 is 21.9 Å². The number of imidazole rings is 1. The SMILES string of the molecule is CC1(C)COC(CNS(C)(=O)=O)CN1c1cc(-c2cnc3ccc(C(F)F)nn23)ncn1. The fraction of sp³-hybridized carbons (Fsp3) is 0.474. The molecule has 4 rings (SSSR count). The molecule has 1 fully saturated rings. The van der Waals surface area contributed by atoms with E-state index in [2.05, 4.69) is 24.8 Å². The number of nitrogens with one attached hydrogen (secondary N) is 1. The monoisotopic (exact) mass is 467 g/mol. The van der Waals surface area contributed by atoms with Crippen molar-refractivity contribution in [3.05, 3.63) is 36.4 Å². The van der Waals surface area contributed by atoms with Crippen LogP contribution in [0.25, 0.3) is 17.0 Å². The van der Waals surface area contributed by atoms with Crippen molar-refractivity contribution in [3.63, 3.8) is 0 Å². The van der Waals surface area contributed by atoms with Crippen LogP contribution in [-0.2, 0) is 14.8 Å². The van der Waals surface area contributed by atoms with Gasteiger partial charge >= 0.3 is 0 Å². The van der Waals surface area contributed by atoms with E-state index >= 15 is 0 Å². The zero-order valence-electron chi connectivity index (χ0n) is 17.7. The summed E-state index contributed by atoms with van der Waals surface area (Å²) in [6.45, 7) is 4.86. The molecule has 1 aliphatic heterocycles. The van der Waals surface area contributed by atoms with Crippen LogP contribution in [0.1, 0.15) is 26.0 Å². The lowest BCUT2D eigenvalue weighted by Crippen LogP contribution is -2.58. The Balaban J connectivity index is 1.66. The van der Waals surface area contributed by atoms with Gasteiger partial charge in [-0.2, -0.15) is 5.10 Å². The normalized spacial score (nSPS) is 19.1. The zero-order chi connectivity index (χ0) is 23.1. The second kappa shape index (κ2) is 8.30. The Morgan fingerprint density at radius 2 is 2.06 bits per heavy atom. The summed E-state index contributed by atoms with van der Waals surface area (Å²) in [4.78, 5) is 14.9. The van der Waals surface area contributed by atoms with Crippen molar-refractivity contribution in [1.29, 1.82) is 0 Å². The topological polar surface area (TPSA) is 115 Å². The van der Waals surface area contributed by atoms with Crippen LogP contribution in [0.5, 0.6) is 0 Å². The minimum absolute atomic E-state index is 0.136. The molecule has 0 amide bonds. The van der Waals surface area contributed by atoms with E-state index in [-0.39, 0.29) is 18.3 Å². The Bertz CT molecular complexity index is 1230. The highest BCUT2D eigenvalue weighted by atomic mass is 32.2. The summed E-state index contributed by atoms with van der Waals surface area (Å²) < 4.78 is 58.7. The summed E-state index contributed by atoms with van der Waals surface area (Å²) in [5, 5.41) is 3.99. The number of aromatic nitrogens is 5. The van der Waals surface area contributed by atoms with E-state index in [9.17, 15) is 17.2 Å². The van der Waals surface area contributed by atoms with Gasteiger partial charge < -0.3 is 9.64 Å². The minimum atomic E-state index is -3.35. The molecule has 0 saturated carbocycles. The molecule has 0 spiro atoms. The maximum Gasteiger partial charge on any atom is 0.282 e. The van der Waals surface area contributed by atoms with Crippen molar-refractivity contribution in [2.75, 3.05) is 30.9 Å². The minimum Gasteiger partial charge on any atom is -0.373 e. The quantitative estimate of drug-likeness (QED) is 0.582. The molecule has 10 nitrogen and oxygen atoms in total. The third kappa shape index (κ3) is 4.69. The first-order valence-corrected chi connectivity index (χ1v) is 11.7. The average Bonchev–Trinajstić information content (AvgIpc) is 3.15. The summed E-state index contributed by atoms with van der Waals surface area (Å²) in [5.41, 5.74) is 0.556. The molecule has 172 valence electrons. The van der Waals surface area contributed by atoms with Gasteiger partial charge in [-0.05, 0) is 26.0 Å². The van der Waals surface area contributed by atoms with Gasteiger partial charge in [-0.15, -0.1) is 0 Å². The van der Waals surface area contributed by atoms with E-state index in [1.165, 1.54) is 29.2 Å². The molecule has 3 aromatic rings. The van der Waals surface area contributed by atoms with Gasteiger partial charge in [0.1, 0.15) is 23.5 Å². The lowest BCUT2D eigenvalue weighted by molar-refractivity contribution is -0.000361. The number of hydrogen-bond donors (Lipinski definition) is 1. The van der Waals surface area contributed by atoms with Gasteiger partial charge in [0.25, 0.3) is 6.43 Å². The van der Waals surface area contributed by atoms with E-state index in [0.29, 0.717) is 36.0 Å². The molecule has 13 heteroatoms. The van der Waals surface area contributed by atoms with Gasteiger partial charge in [-0.1, -0.05) is 0 Å². The molecule has 3 aromatic heterocycles. The Labute approximate surface area is 183 Å². The van der Waals surface area contributed by atoms with Gasteiger partial charge in [0.15, 0.2) is 5.65 Å². The van der Waals surface area contributed by atoms with Gasteiger partial charge in [-0.25, -0.2) is 41.4 Å². The Morgan fingerprint density at radius 1 is 1.28 bits per heavy atom. The lowest BCUT2D eigenvalue weighted by Gasteiger charge is -2.46. The van der Waals surface area contributed by atoms with Crippen molar-refractivity contribution >= 4 is 21.5 Å². The number of fused-ring (bicyclic) bond motifs is 1. The number of ether oxygens (including phenoxy) is 1. The maximum atomic E-state index is 13.1. The Morgan fingerprint density at radius 3 is 2.78 bits per heavy atom. The summed E-state index contributed by atoms with van der Waals surface area (Å²) in [6, 6.07) is 4.45. The summed E-state index contributed by atoms with van der Waals surface area (Å²) >= 11 is 0. The van der Waals surface area contributed by atoms with Gasteiger partial charge in [0.05, 0.1) is 36.4 Å². The number of hydrogen-bond acceptors (Lipinski definition) is 8. The van der Waals surface area contributed by atoms with Crippen molar-refractivity contribution in [3.8, 4) is 11.4 Å². The third-order valence-corrected chi connectivity index (χ3v) is 5.85. The number of anilines is 1. The molecule has 0 radical (unpaired) electrons. The second-order valence-electron chi connectivity index (χ2n) is 8.21. The smallest absolute Gasteiger partial charge is 0.282 e. The third-order valence-electron chi connectivity index (χ3n) is 5.16. The van der Waals surface area contributed by atoms with Crippen molar-refractivity contribution in [1.82, 2.24) is 29.3 Å². The first kappa shape index (κ1) is 22.4. The van der Waals surface area contributed by atoms with Crippen molar-refractivity contribution in [2.45, 2.75) is 31.9 Å². The number of halogens is 2. The summed E-state index contributed by atoms with van der Waals surface area (Å²) in [6.07, 6.45) is 0.922. The molecular weight excluding hydrogens is 444 g/mol. The van der Waals surface area contributed by atoms with Crippen LogP contribution in [0.15, 0.2) is 30.7 Å². The molecule has 32 heavy (non-hydrogen) atoms. The number of sulfonamides is 1. The zero-order valence-corrected chi connectivity index (χ0v) is 18.6. The number of rotatable bonds is 6. The molecular formula is C19H23F2N7O3S. The molecule has 1 N–H and O–H groups in total. The molecule has 4 heterocycles. The lowest BCUT2D eigenvalue weighted by atomic mass is 10.0. The molecule has 1 unspecified atom stereocenters. The van der Waals surface area contributed by atoms with E-state index in [1.54, 1.807) is 6.07 Å². The average molecular weight is 468 g/mol. The standard InChI is InChI=1S/C19H23F2N7O3S/c1-19(2)10-31-12(7-25-32(3,29)30)9-27(19)17-6-14(23-11-24-17)15-8-22-16-5-4-13(18(20)21)26-28(15)16/h4-6,8,11-12,18,25H,7,9-10H2,1-3H3. The van der Waals surface area contributed by atoms with Gasteiger partial charge in [-0.3, -0.25) is 0 Å². The highest BCUT2D eigenvalue weighted by Crippen LogP contribution is 2.30. The predicted molar refractivity (Wildman–Crippen MR) is 113 cm³/mol. The summed E-state index contributed by atoms with van der Waals surface area (Å²) in [5.74, 6) is 0.590. The predicted octanol–water partition coefficient (Wildman–Crippen LogP) is 1.66. The first-order valence-electron chi connectivity index (χ1n) is 9.83. The molecule has 1 saturated heterocycles. The van der Waals surface area contributed by atoms with Crippen molar-refractivity contribution in [2.24, 2.45) is 0 Å². The maximum absolute atomic E-state index is 13.1.